The van der Waals surface area contributed by atoms with Crippen molar-refractivity contribution in [3.8, 4) is 0 Å². The summed E-state index contributed by atoms with van der Waals surface area (Å²) in [6.45, 7) is 1.92. The van der Waals surface area contributed by atoms with Crippen LogP contribution in [0, 0.1) is 0 Å². The minimum Gasteiger partial charge on any atom is -0.338 e. The van der Waals surface area contributed by atoms with Gasteiger partial charge >= 0.3 is 5.69 Å². The van der Waals surface area contributed by atoms with Crippen molar-refractivity contribution < 1.29 is 4.90 Å². The van der Waals surface area contributed by atoms with Crippen LogP contribution in [0.15, 0.2) is 39.9 Å². The van der Waals surface area contributed by atoms with Crippen molar-refractivity contribution in [1.29, 1.82) is 0 Å². The summed E-state index contributed by atoms with van der Waals surface area (Å²) in [5.41, 5.74) is 2.11. The number of aryl methyl sites for hydroxylation is 3. The quantitative estimate of drug-likeness (QED) is 0.629. The molecule has 2 aromatic heterocycles. The summed E-state index contributed by atoms with van der Waals surface area (Å²) >= 11 is 1.68. The number of hydrogen-bond donors (Lipinski definition) is 1. The van der Waals surface area contributed by atoms with Crippen LogP contribution in [0.3, 0.4) is 0 Å². The number of fused-ring (bicyclic) bond motifs is 3. The van der Waals surface area contributed by atoms with Gasteiger partial charge in [-0.05, 0) is 43.2 Å². The number of hydrogen-bond acceptors (Lipinski definition) is 3. The van der Waals surface area contributed by atoms with E-state index in [0.717, 1.165) is 41.6 Å². The highest BCUT2D eigenvalue weighted by Crippen LogP contribution is 2.33. The van der Waals surface area contributed by atoms with Gasteiger partial charge in [0.1, 0.15) is 4.83 Å². The van der Waals surface area contributed by atoms with Gasteiger partial charge in [0.2, 0.25) is 0 Å². The number of quaternary nitrogens is 1. The van der Waals surface area contributed by atoms with Gasteiger partial charge in [-0.15, -0.1) is 11.3 Å². The van der Waals surface area contributed by atoms with Crippen molar-refractivity contribution in [2.75, 3.05) is 20.6 Å². The number of nitrogens with zero attached hydrogens (tertiary/aromatic N) is 2. The molecule has 154 valence electrons. The molecule has 0 fully saturated rings. The van der Waals surface area contributed by atoms with Crippen molar-refractivity contribution in [3.63, 3.8) is 0 Å². The van der Waals surface area contributed by atoms with Crippen molar-refractivity contribution >= 4 is 21.6 Å². The maximum Gasteiger partial charge on any atom is 0.332 e. The van der Waals surface area contributed by atoms with E-state index >= 15 is 0 Å². The van der Waals surface area contributed by atoms with E-state index in [2.05, 4.69) is 14.1 Å². The van der Waals surface area contributed by atoms with Crippen molar-refractivity contribution in [1.82, 2.24) is 9.13 Å². The smallest absolute Gasteiger partial charge is 0.332 e. The van der Waals surface area contributed by atoms with Crippen LogP contribution in [0.5, 0.6) is 0 Å². The molecule has 0 unspecified atom stereocenters. The third-order valence-electron chi connectivity index (χ3n) is 5.87. The topological polar surface area (TPSA) is 48.4 Å². The Bertz CT molecular complexity index is 1110. The molecule has 0 saturated carbocycles. The average molecular weight is 413 g/mol. The SMILES string of the molecule is C[NH+](C)CCn1c(=O)n(CCc2ccccc2)c(=O)c2c3c(sc21)CCCCC3. The zero-order valence-electron chi connectivity index (χ0n) is 17.4. The van der Waals surface area contributed by atoms with E-state index < -0.39 is 0 Å². The minimum atomic E-state index is -0.156. The highest BCUT2D eigenvalue weighted by atomic mass is 32.1. The van der Waals surface area contributed by atoms with Crippen molar-refractivity contribution in [2.45, 2.75) is 51.6 Å². The zero-order chi connectivity index (χ0) is 20.4. The number of benzene rings is 1. The lowest BCUT2D eigenvalue weighted by Crippen LogP contribution is -3.06. The van der Waals surface area contributed by atoms with Gasteiger partial charge in [-0.25, -0.2) is 4.79 Å². The highest BCUT2D eigenvalue weighted by molar-refractivity contribution is 7.18. The molecule has 2 heterocycles. The third kappa shape index (κ3) is 4.09. The summed E-state index contributed by atoms with van der Waals surface area (Å²) in [5.74, 6) is 0. The van der Waals surface area contributed by atoms with E-state index in [1.54, 1.807) is 11.3 Å². The Morgan fingerprint density at radius 3 is 2.48 bits per heavy atom. The Hall–Kier alpha value is -2.18. The molecule has 0 amide bonds. The van der Waals surface area contributed by atoms with Crippen LogP contribution in [0.1, 0.15) is 35.3 Å². The molecule has 0 spiro atoms. The average Bonchev–Trinajstić information content (AvgIpc) is 2.91. The lowest BCUT2D eigenvalue weighted by molar-refractivity contribution is -0.858. The molecule has 1 aliphatic rings. The molecule has 4 rings (SSSR count). The lowest BCUT2D eigenvalue weighted by atomic mass is 10.1. The fraction of sp³-hybridized carbons (Fsp3) is 0.478. The van der Waals surface area contributed by atoms with Crippen LogP contribution in [-0.4, -0.2) is 29.8 Å². The number of aromatic nitrogens is 2. The maximum atomic E-state index is 13.5. The predicted octanol–water partition coefficient (Wildman–Crippen LogP) is 1.88. The lowest BCUT2D eigenvalue weighted by Gasteiger charge is -2.14. The largest absolute Gasteiger partial charge is 0.338 e. The summed E-state index contributed by atoms with van der Waals surface area (Å²) in [4.78, 5) is 30.3. The van der Waals surface area contributed by atoms with Gasteiger partial charge in [0.15, 0.2) is 0 Å². The Morgan fingerprint density at radius 1 is 0.966 bits per heavy atom. The Morgan fingerprint density at radius 2 is 1.72 bits per heavy atom. The standard InChI is InChI=1S/C23H29N3O2S/c1-24(2)15-16-26-22-20(18-11-7-4-8-12-19(18)29-22)21(27)25(23(26)28)14-13-17-9-5-3-6-10-17/h3,5-6,9-10H,4,7-8,11-16H2,1-2H3/p+1. The predicted molar refractivity (Wildman–Crippen MR) is 119 cm³/mol. The van der Waals surface area contributed by atoms with E-state index in [0.29, 0.717) is 19.5 Å². The molecular formula is C23H30N3O2S+. The Kier molecular flexibility index (Phi) is 6.01. The van der Waals surface area contributed by atoms with Gasteiger partial charge in [-0.3, -0.25) is 13.9 Å². The van der Waals surface area contributed by atoms with Gasteiger partial charge < -0.3 is 4.90 Å². The number of rotatable bonds is 6. The molecule has 1 N–H and O–H groups in total. The van der Waals surface area contributed by atoms with Crippen LogP contribution in [0.25, 0.3) is 10.2 Å². The highest BCUT2D eigenvalue weighted by Gasteiger charge is 2.23. The molecule has 3 aromatic rings. The van der Waals surface area contributed by atoms with Crippen molar-refractivity contribution in [2.24, 2.45) is 0 Å². The van der Waals surface area contributed by atoms with Gasteiger partial charge in [0, 0.05) is 11.4 Å². The van der Waals surface area contributed by atoms with Gasteiger partial charge in [-0.2, -0.15) is 0 Å². The number of likely N-dealkylation sites (N-methyl/N-ethyl adjacent to an activating group) is 1. The Labute approximate surface area is 175 Å². The van der Waals surface area contributed by atoms with Crippen LogP contribution in [0.4, 0.5) is 0 Å². The molecule has 0 atom stereocenters. The summed E-state index contributed by atoms with van der Waals surface area (Å²) in [6.07, 6.45) is 6.20. The second-order valence-electron chi connectivity index (χ2n) is 8.33. The zero-order valence-corrected chi connectivity index (χ0v) is 18.2. The van der Waals surface area contributed by atoms with Crippen molar-refractivity contribution in [3.05, 3.63) is 67.2 Å². The van der Waals surface area contributed by atoms with E-state index in [-0.39, 0.29) is 11.2 Å². The van der Waals surface area contributed by atoms with E-state index in [9.17, 15) is 9.59 Å². The number of thiophene rings is 1. The molecule has 0 aliphatic heterocycles. The minimum absolute atomic E-state index is 0.0891. The molecule has 1 aromatic carbocycles. The molecule has 0 saturated heterocycles. The van der Waals surface area contributed by atoms with E-state index in [1.807, 2.05) is 34.9 Å². The first kappa shape index (κ1) is 20.1. The molecule has 1 aliphatic carbocycles. The Balaban J connectivity index is 1.84. The van der Waals surface area contributed by atoms with Crippen LogP contribution in [-0.2, 0) is 32.4 Å². The van der Waals surface area contributed by atoms with Gasteiger partial charge in [0.25, 0.3) is 5.56 Å². The van der Waals surface area contributed by atoms with Crippen LogP contribution >= 0.6 is 11.3 Å². The summed E-state index contributed by atoms with van der Waals surface area (Å²) in [7, 11) is 4.19. The first-order chi connectivity index (χ1) is 14.1. The van der Waals surface area contributed by atoms with Crippen LogP contribution in [0.2, 0.25) is 0 Å². The van der Waals surface area contributed by atoms with Gasteiger partial charge in [-0.1, -0.05) is 36.8 Å². The normalized spacial score (nSPS) is 14.3. The second-order valence-corrected chi connectivity index (χ2v) is 9.41. The van der Waals surface area contributed by atoms with E-state index in [4.69, 9.17) is 0 Å². The fourth-order valence-corrected chi connectivity index (χ4v) is 5.61. The fourth-order valence-electron chi connectivity index (χ4n) is 4.21. The third-order valence-corrected chi connectivity index (χ3v) is 7.19. The molecule has 5 nitrogen and oxygen atoms in total. The van der Waals surface area contributed by atoms with Gasteiger partial charge in [0.05, 0.1) is 32.6 Å². The summed E-state index contributed by atoms with van der Waals surface area (Å²) in [6, 6.07) is 10.1. The number of nitrogens with one attached hydrogen (secondary N) is 1. The maximum absolute atomic E-state index is 13.5. The summed E-state index contributed by atoms with van der Waals surface area (Å²) in [5, 5.41) is 0.813. The van der Waals surface area contributed by atoms with Crippen LogP contribution < -0.4 is 16.1 Å². The molecule has 0 radical (unpaired) electrons. The second kappa shape index (κ2) is 8.67. The molecular weight excluding hydrogens is 382 g/mol. The molecule has 6 heteroatoms. The monoisotopic (exact) mass is 412 g/mol. The molecule has 0 bridgehead atoms. The molecule has 29 heavy (non-hydrogen) atoms. The summed E-state index contributed by atoms with van der Waals surface area (Å²) < 4.78 is 3.35. The van der Waals surface area contributed by atoms with E-state index in [1.165, 1.54) is 32.7 Å². The first-order valence-electron chi connectivity index (χ1n) is 10.7. The first-order valence-corrected chi connectivity index (χ1v) is 11.5.